The number of thiocarbonyl (C=S) groups is 1. The molecule has 1 saturated heterocycles. The number of benzene rings is 1. The highest BCUT2D eigenvalue weighted by Crippen LogP contribution is 2.41. The van der Waals surface area contributed by atoms with E-state index in [9.17, 15) is 0 Å². The molecule has 33 heavy (non-hydrogen) atoms. The Kier molecular flexibility index (Phi) is 6.86. The summed E-state index contributed by atoms with van der Waals surface area (Å²) in [5.41, 5.74) is 8.69. The molecule has 4 rings (SSSR count). The quantitative estimate of drug-likeness (QED) is 0.500. The van der Waals surface area contributed by atoms with Crippen LogP contribution in [0, 0.1) is 27.7 Å². The van der Waals surface area contributed by atoms with E-state index in [2.05, 4.69) is 97.9 Å². The molecule has 0 amide bonds. The Bertz CT molecular complexity index is 1110. The molecule has 0 bridgehead atoms. The molecule has 0 saturated carbocycles. The Balaban J connectivity index is 1.81. The van der Waals surface area contributed by atoms with Crippen molar-refractivity contribution in [2.75, 3.05) is 27.2 Å². The fourth-order valence-electron chi connectivity index (χ4n) is 5.13. The molecule has 2 atom stereocenters. The predicted molar refractivity (Wildman–Crippen MR) is 140 cm³/mol. The fraction of sp³-hybridized carbons (Fsp3) is 0.407. The van der Waals surface area contributed by atoms with Gasteiger partial charge in [0.1, 0.15) is 0 Å². The first-order valence-electron chi connectivity index (χ1n) is 11.7. The lowest BCUT2D eigenvalue weighted by atomic mass is 9.96. The van der Waals surface area contributed by atoms with E-state index in [-0.39, 0.29) is 12.1 Å². The molecule has 2 aromatic heterocycles. The summed E-state index contributed by atoms with van der Waals surface area (Å²) in [6.45, 7) is 10.8. The molecule has 1 aliphatic rings. The first-order valence-corrected chi connectivity index (χ1v) is 12.1. The van der Waals surface area contributed by atoms with Crippen molar-refractivity contribution in [3.8, 4) is 5.69 Å². The third-order valence-electron chi connectivity index (χ3n) is 6.65. The molecular formula is C27H35N5S. The average Bonchev–Trinajstić information content (AvgIpc) is 3.25. The molecule has 5 nitrogen and oxygen atoms in total. The standard InChI is InChI=1S/C27H35N5S/c1-18-11-9-12-19(2)25(18)32-20(3)17-22(21(32)4)26-24(23-13-7-8-14-28-23)29-27(33)31(26)16-10-15-30(5)6/h7-9,11-14,17,24,26H,10,15-16H2,1-6H3,(H,29,33)/t24-,26-/m1/s1. The van der Waals surface area contributed by atoms with E-state index in [1.807, 2.05) is 12.3 Å². The molecule has 1 aliphatic heterocycles. The van der Waals surface area contributed by atoms with Gasteiger partial charge in [-0.1, -0.05) is 24.3 Å². The van der Waals surface area contributed by atoms with Crippen molar-refractivity contribution in [3.63, 3.8) is 0 Å². The molecule has 0 unspecified atom stereocenters. The summed E-state index contributed by atoms with van der Waals surface area (Å²) in [5.74, 6) is 0. The maximum Gasteiger partial charge on any atom is 0.170 e. The Morgan fingerprint density at radius 3 is 2.39 bits per heavy atom. The van der Waals surface area contributed by atoms with Gasteiger partial charge in [-0.15, -0.1) is 0 Å². The largest absolute Gasteiger partial charge is 0.352 e. The van der Waals surface area contributed by atoms with Gasteiger partial charge in [-0.25, -0.2) is 0 Å². The zero-order chi connectivity index (χ0) is 23.7. The lowest BCUT2D eigenvalue weighted by Crippen LogP contribution is -2.32. The summed E-state index contributed by atoms with van der Waals surface area (Å²) in [5, 5.41) is 4.41. The van der Waals surface area contributed by atoms with Crippen LogP contribution in [0.1, 0.15) is 52.3 Å². The second-order valence-electron chi connectivity index (χ2n) is 9.38. The normalized spacial score (nSPS) is 18.3. The first kappa shape index (κ1) is 23.5. The van der Waals surface area contributed by atoms with Crippen LogP contribution >= 0.6 is 12.2 Å². The van der Waals surface area contributed by atoms with Gasteiger partial charge < -0.3 is 19.7 Å². The molecule has 174 valence electrons. The third-order valence-corrected chi connectivity index (χ3v) is 7.01. The van der Waals surface area contributed by atoms with E-state index in [1.54, 1.807) is 0 Å². The molecule has 3 aromatic rings. The van der Waals surface area contributed by atoms with E-state index in [0.29, 0.717) is 0 Å². The van der Waals surface area contributed by atoms with Crippen LogP contribution in [0.4, 0.5) is 0 Å². The molecule has 1 N–H and O–H groups in total. The van der Waals surface area contributed by atoms with Gasteiger partial charge >= 0.3 is 0 Å². The van der Waals surface area contributed by atoms with Gasteiger partial charge in [-0.3, -0.25) is 4.98 Å². The molecular weight excluding hydrogens is 426 g/mol. The molecule has 1 fully saturated rings. The summed E-state index contributed by atoms with van der Waals surface area (Å²) in [6, 6.07) is 15.1. The van der Waals surface area contributed by atoms with Crippen molar-refractivity contribution < 1.29 is 0 Å². The minimum absolute atomic E-state index is 0.0185. The zero-order valence-electron chi connectivity index (χ0n) is 20.6. The number of para-hydroxylation sites is 1. The van der Waals surface area contributed by atoms with E-state index in [1.165, 1.54) is 33.8 Å². The molecule has 3 heterocycles. The number of aromatic nitrogens is 2. The SMILES string of the molecule is Cc1cccc(C)c1-n1c(C)cc([C@@H]2[C@@H](c3ccccn3)NC(=S)N2CCCN(C)C)c1C. The number of rotatable bonds is 7. The molecule has 6 heteroatoms. The van der Waals surface area contributed by atoms with E-state index in [4.69, 9.17) is 17.2 Å². The van der Waals surface area contributed by atoms with Gasteiger partial charge in [0.2, 0.25) is 0 Å². The highest BCUT2D eigenvalue weighted by Gasteiger charge is 2.41. The molecule has 1 aromatic carbocycles. The number of hydrogen-bond acceptors (Lipinski definition) is 3. The van der Waals surface area contributed by atoms with Crippen LogP contribution in [0.3, 0.4) is 0 Å². The van der Waals surface area contributed by atoms with Crippen molar-refractivity contribution in [3.05, 3.63) is 82.4 Å². The van der Waals surface area contributed by atoms with E-state index < -0.39 is 0 Å². The second-order valence-corrected chi connectivity index (χ2v) is 9.77. The average molecular weight is 462 g/mol. The fourth-order valence-corrected chi connectivity index (χ4v) is 5.46. The number of aryl methyl sites for hydroxylation is 3. The highest BCUT2D eigenvalue weighted by molar-refractivity contribution is 7.80. The number of pyridine rings is 1. The van der Waals surface area contributed by atoms with Crippen LogP contribution in [0.15, 0.2) is 48.7 Å². The number of hydrogen-bond donors (Lipinski definition) is 1. The summed E-state index contributed by atoms with van der Waals surface area (Å²) >= 11 is 5.86. The number of nitrogens with one attached hydrogen (secondary N) is 1. The lowest BCUT2D eigenvalue weighted by Gasteiger charge is -2.28. The minimum Gasteiger partial charge on any atom is -0.352 e. The van der Waals surface area contributed by atoms with Crippen LogP contribution in [0.25, 0.3) is 5.69 Å². The lowest BCUT2D eigenvalue weighted by molar-refractivity contribution is 0.292. The van der Waals surface area contributed by atoms with E-state index >= 15 is 0 Å². The van der Waals surface area contributed by atoms with Crippen molar-refractivity contribution >= 4 is 17.3 Å². The van der Waals surface area contributed by atoms with Crippen LogP contribution in [0.5, 0.6) is 0 Å². The van der Waals surface area contributed by atoms with Gasteiger partial charge in [0.05, 0.1) is 23.5 Å². The van der Waals surface area contributed by atoms with Crippen molar-refractivity contribution in [2.24, 2.45) is 0 Å². The Morgan fingerprint density at radius 2 is 1.76 bits per heavy atom. The van der Waals surface area contributed by atoms with Gasteiger partial charge in [0.15, 0.2) is 5.11 Å². The molecule has 0 spiro atoms. The maximum atomic E-state index is 5.86. The summed E-state index contributed by atoms with van der Waals surface area (Å²) in [4.78, 5) is 9.29. The Hall–Kier alpha value is -2.70. The van der Waals surface area contributed by atoms with Crippen LogP contribution in [-0.4, -0.2) is 51.6 Å². The van der Waals surface area contributed by atoms with Crippen molar-refractivity contribution in [2.45, 2.75) is 46.2 Å². The smallest absolute Gasteiger partial charge is 0.170 e. The Morgan fingerprint density at radius 1 is 1.03 bits per heavy atom. The van der Waals surface area contributed by atoms with Gasteiger partial charge in [-0.2, -0.15) is 0 Å². The van der Waals surface area contributed by atoms with Crippen molar-refractivity contribution in [1.82, 2.24) is 24.7 Å². The van der Waals surface area contributed by atoms with Gasteiger partial charge in [-0.05, 0) is 102 Å². The third kappa shape index (κ3) is 4.55. The summed E-state index contributed by atoms with van der Waals surface area (Å²) < 4.78 is 2.41. The first-order chi connectivity index (χ1) is 15.8. The Labute approximate surface area is 203 Å². The molecule has 0 aliphatic carbocycles. The number of nitrogens with zero attached hydrogens (tertiary/aromatic N) is 4. The topological polar surface area (TPSA) is 36.3 Å². The summed E-state index contributed by atoms with van der Waals surface area (Å²) in [7, 11) is 4.24. The maximum absolute atomic E-state index is 5.86. The monoisotopic (exact) mass is 461 g/mol. The second kappa shape index (κ2) is 9.65. The highest BCUT2D eigenvalue weighted by atomic mass is 32.1. The minimum atomic E-state index is 0.0185. The van der Waals surface area contributed by atoms with Gasteiger partial charge in [0, 0.05) is 24.1 Å². The summed E-state index contributed by atoms with van der Waals surface area (Å²) in [6.07, 6.45) is 2.92. The van der Waals surface area contributed by atoms with Crippen LogP contribution in [-0.2, 0) is 0 Å². The predicted octanol–water partition coefficient (Wildman–Crippen LogP) is 5.03. The molecule has 0 radical (unpaired) electrons. The zero-order valence-corrected chi connectivity index (χ0v) is 21.4. The van der Waals surface area contributed by atoms with E-state index in [0.717, 1.165) is 30.3 Å². The van der Waals surface area contributed by atoms with Crippen LogP contribution in [0.2, 0.25) is 0 Å². The van der Waals surface area contributed by atoms with Crippen LogP contribution < -0.4 is 5.32 Å². The van der Waals surface area contributed by atoms with Crippen molar-refractivity contribution in [1.29, 1.82) is 0 Å². The van der Waals surface area contributed by atoms with Gasteiger partial charge in [0.25, 0.3) is 0 Å².